The van der Waals surface area contributed by atoms with Crippen LogP contribution in [-0.2, 0) is 5.41 Å². The molecule has 2 aliphatic rings. The Morgan fingerprint density at radius 1 is 0.377 bits per heavy atom. The fraction of sp³-hybridized carbons (Fsp3) is 0.0196. The molecule has 0 heterocycles. The summed E-state index contributed by atoms with van der Waals surface area (Å²) in [7, 11) is 0. The molecule has 1 spiro atoms. The zero-order chi connectivity index (χ0) is 34.2. The largest absolute Gasteiger partial charge is 2.00 e. The van der Waals surface area contributed by atoms with Gasteiger partial charge >= 0.3 is 31.1 Å². The average Bonchev–Trinajstić information content (AvgIpc) is 3.72. The second kappa shape index (κ2) is 12.5. The van der Waals surface area contributed by atoms with Crippen LogP contribution in [0.1, 0.15) is 27.8 Å². The predicted octanol–water partition coefficient (Wildman–Crippen LogP) is 13.0. The predicted molar refractivity (Wildman–Crippen MR) is 216 cm³/mol. The monoisotopic (exact) mass is 895 g/mol. The molecule has 244 valence electrons. The number of nitrogens with zero attached hydrogens (tertiary/aromatic N) is 1. The van der Waals surface area contributed by atoms with Crippen LogP contribution in [0.4, 0.5) is 17.1 Å². The van der Waals surface area contributed by atoms with E-state index in [-0.39, 0.29) is 31.1 Å². The van der Waals surface area contributed by atoms with Crippen LogP contribution in [0.25, 0.3) is 49.0 Å². The molecule has 0 bridgehead atoms. The molecule has 0 saturated heterocycles. The molecule has 9 aromatic rings. The van der Waals surface area contributed by atoms with Crippen molar-refractivity contribution in [2.75, 3.05) is 4.90 Å². The van der Waals surface area contributed by atoms with E-state index in [9.17, 15) is 0 Å². The third-order valence-corrected chi connectivity index (χ3v) is 11.2. The summed E-state index contributed by atoms with van der Waals surface area (Å²) in [4.78, 5) is 2.41. The molecule has 11 rings (SSSR count). The molecule has 0 saturated carbocycles. The fourth-order valence-electron chi connectivity index (χ4n) is 9.00. The Kier molecular flexibility index (Phi) is 7.55. The average molecular weight is 896 g/mol. The molecule has 9 aromatic carbocycles. The summed E-state index contributed by atoms with van der Waals surface area (Å²) in [5, 5.41) is 7.63. The number of hydrogen-bond acceptors (Lipinski definition) is 1. The van der Waals surface area contributed by atoms with Crippen LogP contribution in [0.15, 0.2) is 188 Å². The molecule has 0 amide bonds. The topological polar surface area (TPSA) is 3.24 Å². The van der Waals surface area contributed by atoms with Crippen LogP contribution in [0, 0.1) is 43.3 Å². The van der Waals surface area contributed by atoms with Crippen molar-refractivity contribution < 1.29 is 31.1 Å². The third kappa shape index (κ3) is 4.70. The van der Waals surface area contributed by atoms with Gasteiger partial charge in [-0.2, -0.15) is 17.7 Å². The molecule has 1 unspecified atom stereocenters. The minimum Gasteiger partial charge on any atom is -0.310 e. The van der Waals surface area contributed by atoms with E-state index in [0.717, 1.165) is 28.2 Å². The van der Waals surface area contributed by atoms with Crippen LogP contribution in [0.3, 0.4) is 0 Å². The van der Waals surface area contributed by atoms with Crippen molar-refractivity contribution >= 4 is 55.0 Å². The van der Waals surface area contributed by atoms with Crippen LogP contribution in [0.2, 0.25) is 0 Å². The summed E-state index contributed by atoms with van der Waals surface area (Å²) in [5.41, 5.74) is 12.5. The standard InChI is InChI=1S/C51H31N.U/c1-3-15-34(16-4-1)47-33-51(49-26-14-12-24-44(47)49)48-25-13-11-23-43(48)45-30-28-37(32-50(45)51)52(35-17-5-2-6-18-35)36-27-29-42-40-21-8-7-19-38(40)39-20-9-10-22-41(39)46(42)31-36;/h1-15,17-32H;/q-2;+2. The Balaban J connectivity index is 0.00000349. The van der Waals surface area contributed by atoms with Crippen LogP contribution in [0.5, 0.6) is 0 Å². The van der Waals surface area contributed by atoms with Crippen molar-refractivity contribution in [1.29, 1.82) is 0 Å². The van der Waals surface area contributed by atoms with E-state index in [1.54, 1.807) is 0 Å². The molecule has 0 radical (unpaired) electrons. The van der Waals surface area contributed by atoms with Gasteiger partial charge in [-0.05, 0) is 96.4 Å². The maximum Gasteiger partial charge on any atom is 2.00 e. The molecular weight excluding hydrogens is 865 g/mol. The summed E-state index contributed by atoms with van der Waals surface area (Å²) in [6, 6.07) is 71.9. The number of fused-ring (bicyclic) bond motifs is 13. The van der Waals surface area contributed by atoms with E-state index < -0.39 is 5.41 Å². The molecule has 0 aliphatic heterocycles. The molecular formula is C51H31NU. The molecule has 1 nitrogen and oxygen atoms in total. The number of hydrogen-bond donors (Lipinski definition) is 0. The second-order valence-corrected chi connectivity index (χ2v) is 13.8. The Morgan fingerprint density at radius 3 is 1.60 bits per heavy atom. The maximum atomic E-state index is 4.13. The van der Waals surface area contributed by atoms with Gasteiger partial charge in [-0.15, -0.1) is 12.1 Å². The van der Waals surface area contributed by atoms with Gasteiger partial charge in [-0.3, -0.25) is 11.1 Å². The van der Waals surface area contributed by atoms with Crippen molar-refractivity contribution in [2.45, 2.75) is 5.41 Å². The SMILES string of the molecule is [C-]1=C(c2[c-]cccc2)c2ccccc2C12c1ccccc1-c1ccc(N(c3ccccc3)c3ccc4c5ccccc5c5ccccc5c4c3)cc12.[U+2]. The Bertz CT molecular complexity index is 2870. The van der Waals surface area contributed by atoms with E-state index in [0.29, 0.717) is 0 Å². The molecule has 0 fully saturated rings. The van der Waals surface area contributed by atoms with Gasteiger partial charge in [0, 0.05) is 17.1 Å². The summed E-state index contributed by atoms with van der Waals surface area (Å²) in [6.07, 6.45) is 4.13. The molecule has 1 atom stereocenters. The first kappa shape index (κ1) is 32.0. The molecule has 0 N–H and O–H groups in total. The zero-order valence-corrected chi connectivity index (χ0v) is 33.0. The van der Waals surface area contributed by atoms with E-state index in [1.165, 1.54) is 65.7 Å². The van der Waals surface area contributed by atoms with E-state index in [4.69, 9.17) is 0 Å². The summed E-state index contributed by atoms with van der Waals surface area (Å²) < 4.78 is 0. The number of benzene rings is 9. The van der Waals surface area contributed by atoms with Gasteiger partial charge in [0.05, 0.1) is 0 Å². The number of allylic oxidation sites excluding steroid dienone is 1. The maximum absolute atomic E-state index is 4.13. The first-order valence-electron chi connectivity index (χ1n) is 17.9. The Hall–Kier alpha value is -5.65. The van der Waals surface area contributed by atoms with Gasteiger partial charge in [-0.1, -0.05) is 127 Å². The zero-order valence-electron chi connectivity index (χ0n) is 28.8. The minimum absolute atomic E-state index is 0. The molecule has 0 aromatic heterocycles. The van der Waals surface area contributed by atoms with Crippen molar-refractivity contribution in [3.63, 3.8) is 0 Å². The van der Waals surface area contributed by atoms with E-state index in [1.807, 2.05) is 12.1 Å². The van der Waals surface area contributed by atoms with Crippen LogP contribution >= 0.6 is 0 Å². The van der Waals surface area contributed by atoms with Gasteiger partial charge in [0.1, 0.15) is 0 Å². The quantitative estimate of drug-likeness (QED) is 0.126. The molecule has 2 heteroatoms. The van der Waals surface area contributed by atoms with E-state index >= 15 is 0 Å². The van der Waals surface area contributed by atoms with Gasteiger partial charge in [-0.25, -0.2) is 18.2 Å². The summed E-state index contributed by atoms with van der Waals surface area (Å²) in [6.45, 7) is 0. The first-order chi connectivity index (χ1) is 25.8. The van der Waals surface area contributed by atoms with Crippen LogP contribution < -0.4 is 4.90 Å². The Morgan fingerprint density at radius 2 is 0.906 bits per heavy atom. The number of rotatable bonds is 4. The van der Waals surface area contributed by atoms with Crippen molar-refractivity contribution in [2.24, 2.45) is 0 Å². The molecule has 2 aliphatic carbocycles. The first-order valence-corrected chi connectivity index (χ1v) is 17.9. The van der Waals surface area contributed by atoms with E-state index in [2.05, 4.69) is 193 Å². The van der Waals surface area contributed by atoms with Gasteiger partial charge in [0.25, 0.3) is 0 Å². The minimum atomic E-state index is -0.557. The normalized spacial score (nSPS) is 15.2. The smallest absolute Gasteiger partial charge is 0.310 e. The Labute approximate surface area is 333 Å². The van der Waals surface area contributed by atoms with Gasteiger partial charge < -0.3 is 4.90 Å². The van der Waals surface area contributed by atoms with Gasteiger partial charge in [0.2, 0.25) is 0 Å². The van der Waals surface area contributed by atoms with Gasteiger partial charge in [0.15, 0.2) is 0 Å². The number of anilines is 3. The fourth-order valence-corrected chi connectivity index (χ4v) is 9.00. The third-order valence-electron chi connectivity index (χ3n) is 11.2. The summed E-state index contributed by atoms with van der Waals surface area (Å²) >= 11 is 0. The van der Waals surface area contributed by atoms with Crippen molar-refractivity contribution in [1.82, 2.24) is 0 Å². The van der Waals surface area contributed by atoms with Crippen molar-refractivity contribution in [3.05, 3.63) is 228 Å². The molecule has 53 heavy (non-hydrogen) atoms. The summed E-state index contributed by atoms with van der Waals surface area (Å²) in [5.74, 6) is 0. The second-order valence-electron chi connectivity index (χ2n) is 13.8. The van der Waals surface area contributed by atoms with Crippen molar-refractivity contribution in [3.8, 4) is 11.1 Å². The number of para-hydroxylation sites is 1. The van der Waals surface area contributed by atoms with Crippen LogP contribution in [-0.4, -0.2) is 0 Å².